The van der Waals surface area contributed by atoms with E-state index in [2.05, 4.69) is 82.2 Å². The zero-order chi connectivity index (χ0) is 40.3. The van der Waals surface area contributed by atoms with Crippen molar-refractivity contribution in [2.45, 2.75) is 54.3 Å². The molecule has 4 heterocycles. The van der Waals surface area contributed by atoms with Gasteiger partial charge in [0.1, 0.15) is 0 Å². The number of benzene rings is 5. The Bertz CT molecular complexity index is 2870. The average molecular weight is 884 g/mol. The molecule has 0 fully saturated rings. The summed E-state index contributed by atoms with van der Waals surface area (Å²) in [6, 6.07) is 49.3. The molecule has 0 atom stereocenters. The van der Waals surface area contributed by atoms with Crippen LogP contribution in [0.4, 0.5) is 0 Å². The van der Waals surface area contributed by atoms with Gasteiger partial charge in [-0.05, 0) is 69.1 Å². The third-order valence-corrected chi connectivity index (χ3v) is 9.18. The molecule has 0 aliphatic rings. The third-order valence-electron chi connectivity index (χ3n) is 9.18. The van der Waals surface area contributed by atoms with Crippen LogP contribution in [0.2, 0.25) is 0 Å². The van der Waals surface area contributed by atoms with Crippen LogP contribution in [0.5, 0.6) is 0 Å². The molecular formula is C50H45IrN3-2. The van der Waals surface area contributed by atoms with Crippen molar-refractivity contribution in [2.24, 2.45) is 10.8 Å². The third kappa shape index (κ3) is 7.60. The second-order valence-electron chi connectivity index (χ2n) is 15.6. The Balaban J connectivity index is 0.000000179. The van der Waals surface area contributed by atoms with E-state index < -0.39 is 23.6 Å². The van der Waals surface area contributed by atoms with E-state index in [0.29, 0.717) is 11.1 Å². The normalized spacial score (nSPS) is 13.5. The van der Waals surface area contributed by atoms with E-state index in [4.69, 9.17) is 10.5 Å². The van der Waals surface area contributed by atoms with Gasteiger partial charge in [-0.3, -0.25) is 0 Å². The Morgan fingerprint density at radius 1 is 0.574 bits per heavy atom. The summed E-state index contributed by atoms with van der Waals surface area (Å²) in [5, 5.41) is 4.90. The number of pyridine rings is 2. The van der Waals surface area contributed by atoms with Crippen LogP contribution in [-0.2, 0) is 32.9 Å². The number of nitrogens with zero attached hydrogens (tertiary/aromatic N) is 3. The maximum absolute atomic E-state index is 8.56. The van der Waals surface area contributed by atoms with Crippen molar-refractivity contribution in [2.75, 3.05) is 0 Å². The monoisotopic (exact) mass is 884 g/mol. The van der Waals surface area contributed by atoms with E-state index in [1.54, 1.807) is 18.5 Å². The topological polar surface area (TPSA) is 30.2 Å². The van der Waals surface area contributed by atoms with Crippen LogP contribution in [0.25, 0.3) is 71.7 Å². The van der Waals surface area contributed by atoms with Crippen molar-refractivity contribution >= 4 is 38.1 Å². The molecule has 9 aromatic rings. The van der Waals surface area contributed by atoms with Crippen LogP contribution < -0.4 is 0 Å². The van der Waals surface area contributed by atoms with Gasteiger partial charge in [0, 0.05) is 54.3 Å². The molecule has 0 bridgehead atoms. The number of rotatable bonds is 5. The van der Waals surface area contributed by atoms with Gasteiger partial charge in [0.05, 0.1) is 5.52 Å². The van der Waals surface area contributed by atoms with Gasteiger partial charge in [-0.15, -0.1) is 59.2 Å². The smallest absolute Gasteiger partial charge is 0.0516 e. The molecule has 0 N–H and O–H groups in total. The van der Waals surface area contributed by atoms with Gasteiger partial charge in [-0.2, -0.15) is 0 Å². The van der Waals surface area contributed by atoms with Crippen molar-refractivity contribution in [3.8, 4) is 33.6 Å². The van der Waals surface area contributed by atoms with Gasteiger partial charge in [-0.25, -0.2) is 0 Å². The van der Waals surface area contributed by atoms with Crippen LogP contribution in [0, 0.1) is 23.0 Å². The largest absolute Gasteiger partial charge is 0.350 e. The van der Waals surface area contributed by atoms with Crippen LogP contribution in [-0.4, -0.2) is 14.4 Å². The van der Waals surface area contributed by atoms with Crippen LogP contribution in [0.1, 0.15) is 58.2 Å². The van der Waals surface area contributed by atoms with E-state index >= 15 is 0 Å². The first kappa shape index (κ1) is 32.3. The molecule has 5 aromatic carbocycles. The minimum Gasteiger partial charge on any atom is -0.350 e. The van der Waals surface area contributed by atoms with Gasteiger partial charge in [0.25, 0.3) is 0 Å². The maximum atomic E-state index is 8.56. The van der Waals surface area contributed by atoms with E-state index in [-0.39, 0.29) is 20.1 Å². The Kier molecular flexibility index (Phi) is 8.93. The Morgan fingerprint density at radius 2 is 1.24 bits per heavy atom. The molecule has 54 heavy (non-hydrogen) atoms. The van der Waals surface area contributed by atoms with E-state index in [1.165, 1.54) is 32.6 Å². The molecule has 271 valence electrons. The maximum Gasteiger partial charge on any atom is 0.0516 e. The van der Waals surface area contributed by atoms with Crippen LogP contribution in [0.3, 0.4) is 0 Å². The molecule has 3 nitrogen and oxygen atoms in total. The molecule has 1 radical (unpaired) electrons. The van der Waals surface area contributed by atoms with E-state index in [0.717, 1.165) is 39.2 Å². The quantitative estimate of drug-likeness (QED) is 0.161. The van der Waals surface area contributed by atoms with Crippen LogP contribution >= 0.6 is 0 Å². The van der Waals surface area contributed by atoms with Crippen molar-refractivity contribution in [1.29, 1.82) is 0 Å². The molecule has 0 aliphatic heterocycles. The second-order valence-corrected chi connectivity index (χ2v) is 15.6. The van der Waals surface area contributed by atoms with E-state index in [1.807, 2.05) is 102 Å². The average Bonchev–Trinajstić information content (AvgIpc) is 3.73. The second kappa shape index (κ2) is 14.9. The number of para-hydroxylation sites is 2. The fourth-order valence-corrected chi connectivity index (χ4v) is 7.17. The zero-order valence-electron chi connectivity index (χ0n) is 35.5. The van der Waals surface area contributed by atoms with Crippen LogP contribution in [0.15, 0.2) is 140 Å². The first-order chi connectivity index (χ1) is 27.1. The molecule has 0 aliphatic carbocycles. The summed E-state index contributed by atoms with van der Waals surface area (Å²) in [5.74, 6) is 0. The van der Waals surface area contributed by atoms with Gasteiger partial charge >= 0.3 is 0 Å². The molecule has 9 rings (SSSR count). The molecule has 0 amide bonds. The first-order valence-corrected chi connectivity index (χ1v) is 18.2. The number of hydrogen-bond acceptors (Lipinski definition) is 2. The summed E-state index contributed by atoms with van der Waals surface area (Å²) >= 11 is 0. The molecule has 0 saturated heterocycles. The molecule has 4 aromatic heterocycles. The van der Waals surface area contributed by atoms with Gasteiger partial charge in [0.15, 0.2) is 0 Å². The zero-order valence-corrected chi connectivity index (χ0v) is 33.8. The summed E-state index contributed by atoms with van der Waals surface area (Å²) < 4.78 is 36.4. The predicted octanol–water partition coefficient (Wildman–Crippen LogP) is 13.1. The predicted molar refractivity (Wildman–Crippen MR) is 223 cm³/mol. The van der Waals surface area contributed by atoms with Gasteiger partial charge in [-0.1, -0.05) is 137 Å². The molecule has 4 heteroatoms. The molecule has 0 spiro atoms. The SMILES string of the molecule is [2H]C([2H])(c1ccc(-c2[c-]ccc3c4cccc5c6ccccc6n(c23)c54)nc1)C(C)(C)C.[2H]C([2H])(c1ccnc(-c2[c-]ccc(-c3ccccc3)c2)c1)C(C)(C)C.[Ir]. The summed E-state index contributed by atoms with van der Waals surface area (Å²) in [6.07, 6.45) is 0.443. The first-order valence-electron chi connectivity index (χ1n) is 20.2. The summed E-state index contributed by atoms with van der Waals surface area (Å²) in [5.41, 5.74) is 9.30. The minimum atomic E-state index is -1.47. The number of hydrogen-bond donors (Lipinski definition) is 0. The standard InChI is InChI=1S/C28H23N2.C22H22N.Ir/c1-28(2,3)16-18-14-15-24(29-17-18)23-12-7-11-22-21-10-6-9-20-19-8-4-5-13-25(19)30(26(20)21)27(22)23;1-22(2,3)16-17-12-13-23-21(14-17)20-11-7-10-19(15-20)18-8-5-4-6-9-18;/h4-11,13-15,17H,16H2,1-3H3;4-10,12-15H,16H2,1-3H3;/q2*-1;/i2*16D2;. The fraction of sp³-hybridized carbons (Fsp3) is 0.200. The molecule has 0 saturated carbocycles. The molecular weight excluding hydrogens is 835 g/mol. The fourth-order valence-electron chi connectivity index (χ4n) is 7.17. The van der Waals surface area contributed by atoms with Gasteiger partial charge in [0.2, 0.25) is 0 Å². The van der Waals surface area contributed by atoms with Crippen molar-refractivity contribution in [3.63, 3.8) is 0 Å². The Labute approximate surface area is 338 Å². The number of fused-ring (bicyclic) bond motifs is 6. The Morgan fingerprint density at radius 3 is 1.98 bits per heavy atom. The van der Waals surface area contributed by atoms with Crippen molar-refractivity contribution in [3.05, 3.63) is 163 Å². The van der Waals surface area contributed by atoms with Crippen molar-refractivity contribution < 1.29 is 25.6 Å². The van der Waals surface area contributed by atoms with Crippen molar-refractivity contribution in [1.82, 2.24) is 14.4 Å². The minimum absolute atomic E-state index is 0. The Hall–Kier alpha value is -5.15. The molecule has 0 unspecified atom stereocenters. The summed E-state index contributed by atoms with van der Waals surface area (Å²) in [6.45, 7) is 11.5. The summed E-state index contributed by atoms with van der Waals surface area (Å²) in [4.78, 5) is 9.15. The number of aromatic nitrogens is 3. The van der Waals surface area contributed by atoms with E-state index in [9.17, 15) is 0 Å². The van der Waals surface area contributed by atoms with Gasteiger partial charge < -0.3 is 14.4 Å². The summed E-state index contributed by atoms with van der Waals surface area (Å²) in [7, 11) is 0.